The van der Waals surface area contributed by atoms with Crippen molar-refractivity contribution in [2.24, 2.45) is 0 Å². The molecule has 0 saturated carbocycles. The molecule has 0 spiro atoms. The van der Waals surface area contributed by atoms with E-state index in [0.29, 0.717) is 0 Å². The Morgan fingerprint density at radius 1 is 0.941 bits per heavy atom. The van der Waals surface area contributed by atoms with Crippen molar-refractivity contribution < 1.29 is 30.2 Å². The second kappa shape index (κ2) is 4.42. The van der Waals surface area contributed by atoms with Crippen LogP contribution in [0.1, 0.15) is 16.7 Å². The van der Waals surface area contributed by atoms with Crippen LogP contribution < -0.4 is 5.73 Å². The Hall–Kier alpha value is -0.876. The summed E-state index contributed by atoms with van der Waals surface area (Å²) in [7, 11) is 0. The quantitative estimate of drug-likeness (QED) is 0.743. The average Bonchev–Trinajstić information content (AvgIpc) is 2.38. The van der Waals surface area contributed by atoms with Crippen LogP contribution in [0.3, 0.4) is 0 Å². The first-order valence-corrected chi connectivity index (χ1v) is 7.19. The third kappa shape index (κ3) is 1.79. The number of rotatable bonds is 0. The van der Waals surface area contributed by atoms with Crippen molar-refractivity contribution in [3.63, 3.8) is 0 Å². The molecule has 0 saturated heterocycles. The van der Waals surface area contributed by atoms with E-state index in [-0.39, 0.29) is 0 Å². The number of nitrogens with two attached hydrogens (primary N) is 1. The van der Waals surface area contributed by atoms with E-state index >= 15 is 0 Å². The van der Waals surface area contributed by atoms with Gasteiger partial charge in [-0.3, -0.25) is 0 Å². The van der Waals surface area contributed by atoms with Crippen molar-refractivity contribution in [2.45, 2.75) is 12.8 Å². The molecule has 0 aliphatic heterocycles. The third-order valence-electron chi connectivity index (χ3n) is 3.40. The first-order valence-electron chi connectivity index (χ1n) is 5.77. The summed E-state index contributed by atoms with van der Waals surface area (Å²) in [6.07, 6.45) is 2.21. The monoisotopic (exact) mass is 295 g/mol. The number of benzene rings is 2. The third-order valence-corrected chi connectivity index (χ3v) is 4.17. The summed E-state index contributed by atoms with van der Waals surface area (Å²) in [5.41, 5.74) is 13.6. The van der Waals surface area contributed by atoms with Gasteiger partial charge in [0.05, 0.1) is 0 Å². The number of fused-ring (bicyclic) bond motifs is 3. The molecule has 0 amide bonds. The van der Waals surface area contributed by atoms with Gasteiger partial charge >= 0.3 is 121 Å². The number of aryl methyl sites for hydroxylation is 2. The van der Waals surface area contributed by atoms with Gasteiger partial charge in [0.25, 0.3) is 0 Å². The Bertz CT molecular complexity index is 638. The number of hydrogen-bond donors (Lipinski definition) is 1. The number of anilines is 1. The van der Waals surface area contributed by atoms with E-state index in [0.717, 1.165) is 48.8 Å². The molecule has 0 heterocycles. The Balaban J connectivity index is 2.39. The topological polar surface area (TPSA) is 26.0 Å². The van der Waals surface area contributed by atoms with Crippen LogP contribution in [0.5, 0.6) is 0 Å². The van der Waals surface area contributed by atoms with Crippen LogP contribution in [-0.4, -0.2) is 0 Å². The van der Waals surface area contributed by atoms with Crippen LogP contribution in [0.4, 0.5) is 5.69 Å². The predicted molar refractivity (Wildman–Crippen MR) is 66.7 cm³/mol. The van der Waals surface area contributed by atoms with Crippen LogP contribution in [0.15, 0.2) is 36.4 Å². The summed E-state index contributed by atoms with van der Waals surface area (Å²) < 4.78 is 3.40. The van der Waals surface area contributed by atoms with Gasteiger partial charge in [-0.1, -0.05) is 0 Å². The van der Waals surface area contributed by atoms with Crippen molar-refractivity contribution in [2.75, 3.05) is 5.73 Å². The molecule has 0 atom stereocenters. The summed E-state index contributed by atoms with van der Waals surface area (Å²) in [6.45, 7) is 0. The molecule has 1 aliphatic rings. The molecule has 2 heteroatoms. The standard InChI is InChI=1S/C15H12N.Y/c1-10-4-2-5-11-8-9-12-6-3-7-13(16)15(12)14(10)11;/h2-7H,8-9,16H2;. The van der Waals surface area contributed by atoms with Gasteiger partial charge in [-0.25, -0.2) is 0 Å². The van der Waals surface area contributed by atoms with Gasteiger partial charge in [0, 0.05) is 0 Å². The van der Waals surface area contributed by atoms with Crippen LogP contribution >= 0.6 is 0 Å². The predicted octanol–water partition coefficient (Wildman–Crippen LogP) is 2.89. The molecule has 17 heavy (non-hydrogen) atoms. The van der Waals surface area contributed by atoms with Crippen molar-refractivity contribution in [3.05, 3.63) is 53.1 Å². The van der Waals surface area contributed by atoms with Gasteiger partial charge in [0.2, 0.25) is 0 Å². The van der Waals surface area contributed by atoms with E-state index < -0.39 is 0 Å². The Kier molecular flexibility index (Phi) is 2.92. The number of hydrogen-bond acceptors (Lipinski definition) is 1. The Morgan fingerprint density at radius 3 is 2.29 bits per heavy atom. The zero-order chi connectivity index (χ0) is 11.8. The Labute approximate surface area is 120 Å². The first-order chi connectivity index (χ1) is 8.31. The van der Waals surface area contributed by atoms with E-state index in [1.54, 1.807) is 0 Å². The fourth-order valence-electron chi connectivity index (χ4n) is 2.63. The molecule has 0 unspecified atom stereocenters. The molecule has 2 aromatic carbocycles. The fraction of sp³-hybridized carbons (Fsp3) is 0.133. The van der Waals surface area contributed by atoms with E-state index in [9.17, 15) is 0 Å². The van der Waals surface area contributed by atoms with Gasteiger partial charge in [-0.2, -0.15) is 0 Å². The van der Waals surface area contributed by atoms with Crippen LogP contribution in [0.25, 0.3) is 11.1 Å². The molecule has 0 fully saturated rings. The minimum absolute atomic E-state index is 0.895. The molecule has 0 aromatic heterocycles. The van der Waals surface area contributed by atoms with Gasteiger partial charge in [-0.05, 0) is 0 Å². The first kappa shape index (κ1) is 11.2. The number of nitrogen functional groups attached to an aromatic ring is 1. The average molecular weight is 295 g/mol. The maximum absolute atomic E-state index is 6.16. The van der Waals surface area contributed by atoms with E-state index in [1.165, 1.54) is 27.8 Å². The molecule has 80 valence electrons. The van der Waals surface area contributed by atoms with Crippen molar-refractivity contribution >= 4 is 5.69 Å². The molecule has 0 bridgehead atoms. The van der Waals surface area contributed by atoms with E-state index in [1.807, 2.05) is 6.07 Å². The SMILES string of the molecule is Nc1cccc2c1-c1c([C]#[Y])cccc1CC2. The Morgan fingerprint density at radius 2 is 1.59 bits per heavy atom. The van der Waals surface area contributed by atoms with E-state index in [4.69, 9.17) is 5.73 Å². The zero-order valence-corrected chi connectivity index (χ0v) is 12.4. The zero-order valence-electron chi connectivity index (χ0n) is 9.53. The summed E-state index contributed by atoms with van der Waals surface area (Å²) in [5, 5.41) is 0. The fourth-order valence-corrected chi connectivity index (χ4v) is 3.22. The molecule has 1 nitrogen and oxygen atoms in total. The van der Waals surface area contributed by atoms with Crippen LogP contribution in [0.2, 0.25) is 0 Å². The molecule has 1 aliphatic carbocycles. The second-order valence-corrected chi connectivity index (χ2v) is 5.07. The molecule has 3 rings (SSSR count). The minimum atomic E-state index is 0.895. The molecular formula is C15H12NY. The van der Waals surface area contributed by atoms with Crippen molar-refractivity contribution in [1.82, 2.24) is 0 Å². The van der Waals surface area contributed by atoms with Crippen LogP contribution in [0, 0.1) is 2.59 Å². The maximum atomic E-state index is 6.16. The summed E-state index contributed by atoms with van der Waals surface area (Å²) in [4.78, 5) is 0. The van der Waals surface area contributed by atoms with Crippen molar-refractivity contribution in [3.8, 4) is 13.7 Å². The van der Waals surface area contributed by atoms with Gasteiger partial charge in [0.1, 0.15) is 0 Å². The van der Waals surface area contributed by atoms with Gasteiger partial charge < -0.3 is 0 Å². The normalized spacial score (nSPS) is 12.6. The second-order valence-electron chi connectivity index (χ2n) is 4.37. The molecular weight excluding hydrogens is 283 g/mol. The van der Waals surface area contributed by atoms with Crippen molar-refractivity contribution in [1.29, 1.82) is 0 Å². The van der Waals surface area contributed by atoms with Gasteiger partial charge in [-0.15, -0.1) is 0 Å². The summed E-state index contributed by atoms with van der Waals surface area (Å²) >= 11 is 1.02. The molecule has 0 radical (unpaired) electrons. The van der Waals surface area contributed by atoms with Gasteiger partial charge in [0.15, 0.2) is 0 Å². The van der Waals surface area contributed by atoms with E-state index in [2.05, 4.69) is 32.9 Å². The summed E-state index contributed by atoms with van der Waals surface area (Å²) in [5.74, 6) is 0. The summed E-state index contributed by atoms with van der Waals surface area (Å²) in [6, 6.07) is 12.7. The molecule has 2 aromatic rings. The van der Waals surface area contributed by atoms with Crippen LogP contribution in [-0.2, 0) is 43.1 Å². The molecule has 2 N–H and O–H groups in total.